The fourth-order valence-corrected chi connectivity index (χ4v) is 2.49. The van der Waals surface area contributed by atoms with Crippen LogP contribution in [0.5, 0.6) is 0 Å². The molecule has 0 fully saturated rings. The number of aromatic nitrogens is 2. The molecule has 0 saturated heterocycles. The van der Waals surface area contributed by atoms with Crippen molar-refractivity contribution in [2.45, 2.75) is 0 Å². The van der Waals surface area contributed by atoms with Crippen LogP contribution in [0.1, 0.15) is 10.4 Å². The Kier molecular flexibility index (Phi) is 3.16. The highest BCUT2D eigenvalue weighted by atomic mass is 35.5. The number of pyridine rings is 1. The quantitative estimate of drug-likeness (QED) is 0.783. The van der Waals surface area contributed by atoms with Crippen molar-refractivity contribution in [3.63, 3.8) is 0 Å². The Morgan fingerprint density at radius 1 is 1.20 bits per heavy atom. The van der Waals surface area contributed by atoms with E-state index in [4.69, 9.17) is 11.6 Å². The van der Waals surface area contributed by atoms with Gasteiger partial charge in [-0.2, -0.15) is 0 Å². The number of benzene rings is 1. The highest BCUT2D eigenvalue weighted by Gasteiger charge is 2.19. The van der Waals surface area contributed by atoms with Crippen LogP contribution in [0.25, 0.3) is 10.9 Å². The molecular formula is C15H12ClN3O. The number of carbonyl (C=O) groups excluding carboxylic acids is 1. The number of para-hydroxylation sites is 1. The number of anilines is 1. The molecule has 0 radical (unpaired) electrons. The number of carbonyl (C=O) groups is 1. The van der Waals surface area contributed by atoms with Crippen molar-refractivity contribution >= 4 is 34.1 Å². The molecule has 1 amide bonds. The molecule has 3 aromatic rings. The van der Waals surface area contributed by atoms with Crippen molar-refractivity contribution in [3.8, 4) is 0 Å². The smallest absolute Gasteiger partial charge is 0.259 e. The van der Waals surface area contributed by atoms with Crippen LogP contribution >= 0.6 is 11.6 Å². The average Bonchev–Trinajstić information content (AvgIpc) is 2.72. The maximum atomic E-state index is 12.4. The molecule has 0 aliphatic carbocycles. The van der Waals surface area contributed by atoms with Crippen molar-refractivity contribution < 1.29 is 4.79 Å². The number of hydrogen-bond donors (Lipinski definition) is 1. The van der Waals surface area contributed by atoms with Crippen molar-refractivity contribution in [2.24, 2.45) is 7.05 Å². The summed E-state index contributed by atoms with van der Waals surface area (Å²) in [6.45, 7) is 0. The number of amides is 1. The lowest BCUT2D eigenvalue weighted by atomic mass is 10.1. The van der Waals surface area contributed by atoms with E-state index in [2.05, 4.69) is 10.3 Å². The molecular weight excluding hydrogens is 274 g/mol. The van der Waals surface area contributed by atoms with Gasteiger partial charge in [-0.25, -0.2) is 0 Å². The lowest BCUT2D eigenvalue weighted by molar-refractivity contribution is 0.102. The first-order valence-electron chi connectivity index (χ1n) is 6.13. The minimum atomic E-state index is -0.224. The minimum absolute atomic E-state index is 0.224. The maximum Gasteiger partial charge on any atom is 0.259 e. The summed E-state index contributed by atoms with van der Waals surface area (Å²) in [6.07, 6.45) is 3.25. The second-order valence-electron chi connectivity index (χ2n) is 4.43. The zero-order valence-corrected chi connectivity index (χ0v) is 11.6. The number of fused-ring (bicyclic) bond motifs is 1. The number of rotatable bonds is 2. The Morgan fingerprint density at radius 3 is 2.65 bits per heavy atom. The Labute approximate surface area is 121 Å². The minimum Gasteiger partial charge on any atom is -0.334 e. The van der Waals surface area contributed by atoms with Gasteiger partial charge < -0.3 is 9.88 Å². The first kappa shape index (κ1) is 12.7. The van der Waals surface area contributed by atoms with Crippen LogP contribution in [0.3, 0.4) is 0 Å². The van der Waals surface area contributed by atoms with Gasteiger partial charge in [-0.15, -0.1) is 0 Å². The molecule has 0 atom stereocenters. The van der Waals surface area contributed by atoms with E-state index >= 15 is 0 Å². The van der Waals surface area contributed by atoms with Crippen molar-refractivity contribution in [1.29, 1.82) is 0 Å². The Balaban J connectivity index is 2.06. The van der Waals surface area contributed by atoms with E-state index in [1.54, 1.807) is 29.1 Å². The van der Waals surface area contributed by atoms with Crippen LogP contribution in [0.2, 0.25) is 5.15 Å². The molecule has 0 saturated carbocycles. The van der Waals surface area contributed by atoms with Gasteiger partial charge in [0, 0.05) is 36.0 Å². The molecule has 0 aliphatic heterocycles. The van der Waals surface area contributed by atoms with E-state index in [0.29, 0.717) is 16.4 Å². The highest BCUT2D eigenvalue weighted by molar-refractivity contribution is 6.36. The van der Waals surface area contributed by atoms with E-state index in [9.17, 15) is 4.79 Å². The highest BCUT2D eigenvalue weighted by Crippen LogP contribution is 2.29. The van der Waals surface area contributed by atoms with Crippen LogP contribution in [0, 0.1) is 0 Å². The Bertz CT molecular complexity index is 780. The SMILES string of the molecule is Cn1c(Cl)c(C(=O)Nc2ccncc2)c2ccccc21. The number of hydrogen-bond acceptors (Lipinski definition) is 2. The molecule has 5 heteroatoms. The Hall–Kier alpha value is -2.33. The second kappa shape index (κ2) is 4.98. The molecule has 0 aliphatic rings. The van der Waals surface area contributed by atoms with Crippen molar-refractivity contribution in [3.05, 3.63) is 59.5 Å². The molecule has 3 rings (SSSR count). The predicted molar refractivity (Wildman–Crippen MR) is 80.1 cm³/mol. The first-order valence-corrected chi connectivity index (χ1v) is 6.50. The zero-order chi connectivity index (χ0) is 14.1. The summed E-state index contributed by atoms with van der Waals surface area (Å²) in [7, 11) is 1.84. The summed E-state index contributed by atoms with van der Waals surface area (Å²) in [5.41, 5.74) is 2.10. The third kappa shape index (κ3) is 2.04. The molecule has 1 N–H and O–H groups in total. The third-order valence-electron chi connectivity index (χ3n) is 3.20. The molecule has 100 valence electrons. The van der Waals surface area contributed by atoms with Gasteiger partial charge in [-0.05, 0) is 18.2 Å². The van der Waals surface area contributed by atoms with Crippen molar-refractivity contribution in [2.75, 3.05) is 5.32 Å². The van der Waals surface area contributed by atoms with Gasteiger partial charge in [0.25, 0.3) is 5.91 Å². The van der Waals surface area contributed by atoms with E-state index < -0.39 is 0 Å². The number of nitrogens with one attached hydrogen (secondary N) is 1. The topological polar surface area (TPSA) is 46.9 Å². The van der Waals surface area contributed by atoms with Crippen LogP contribution < -0.4 is 5.32 Å². The molecule has 0 unspecified atom stereocenters. The van der Waals surface area contributed by atoms with Gasteiger partial charge in [-0.1, -0.05) is 29.8 Å². The fourth-order valence-electron chi connectivity index (χ4n) is 2.21. The monoisotopic (exact) mass is 285 g/mol. The summed E-state index contributed by atoms with van der Waals surface area (Å²) < 4.78 is 1.80. The zero-order valence-electron chi connectivity index (χ0n) is 10.8. The van der Waals surface area contributed by atoms with E-state index in [-0.39, 0.29) is 5.91 Å². The first-order chi connectivity index (χ1) is 9.68. The van der Waals surface area contributed by atoms with Gasteiger partial charge in [0.05, 0.1) is 5.56 Å². The molecule has 4 nitrogen and oxygen atoms in total. The normalized spacial score (nSPS) is 10.7. The molecule has 0 spiro atoms. The van der Waals surface area contributed by atoms with E-state index in [0.717, 1.165) is 10.9 Å². The van der Waals surface area contributed by atoms with Crippen LogP contribution in [0.4, 0.5) is 5.69 Å². The van der Waals surface area contributed by atoms with E-state index in [1.807, 2.05) is 31.3 Å². The predicted octanol–water partition coefficient (Wildman–Crippen LogP) is 3.48. The van der Waals surface area contributed by atoms with Gasteiger partial charge in [-0.3, -0.25) is 9.78 Å². The van der Waals surface area contributed by atoms with Gasteiger partial charge in [0.1, 0.15) is 5.15 Å². The summed E-state index contributed by atoms with van der Waals surface area (Å²) in [5.74, 6) is -0.224. The van der Waals surface area contributed by atoms with Gasteiger partial charge in [0.2, 0.25) is 0 Å². The number of nitrogens with zero attached hydrogens (tertiary/aromatic N) is 2. The Morgan fingerprint density at radius 2 is 1.90 bits per heavy atom. The summed E-state index contributed by atoms with van der Waals surface area (Å²) in [4.78, 5) is 16.3. The standard InChI is InChI=1S/C15H12ClN3O/c1-19-12-5-3-2-4-11(12)13(14(19)16)15(20)18-10-6-8-17-9-7-10/h2-9H,1H3,(H,17,18,20). The van der Waals surface area contributed by atoms with Crippen LogP contribution in [-0.4, -0.2) is 15.5 Å². The molecule has 0 bridgehead atoms. The van der Waals surface area contributed by atoms with Crippen LogP contribution in [-0.2, 0) is 7.05 Å². The molecule has 2 aromatic heterocycles. The van der Waals surface area contributed by atoms with Crippen LogP contribution in [0.15, 0.2) is 48.8 Å². The van der Waals surface area contributed by atoms with E-state index in [1.165, 1.54) is 0 Å². The number of halogens is 1. The molecule has 2 heterocycles. The summed E-state index contributed by atoms with van der Waals surface area (Å²) >= 11 is 6.29. The van der Waals surface area contributed by atoms with Gasteiger partial charge >= 0.3 is 0 Å². The largest absolute Gasteiger partial charge is 0.334 e. The number of aryl methyl sites for hydroxylation is 1. The molecule has 1 aromatic carbocycles. The molecule has 20 heavy (non-hydrogen) atoms. The second-order valence-corrected chi connectivity index (χ2v) is 4.79. The lowest BCUT2D eigenvalue weighted by Gasteiger charge is -2.04. The lowest BCUT2D eigenvalue weighted by Crippen LogP contribution is -2.12. The third-order valence-corrected chi connectivity index (χ3v) is 3.64. The van der Waals surface area contributed by atoms with Crippen molar-refractivity contribution in [1.82, 2.24) is 9.55 Å². The summed E-state index contributed by atoms with van der Waals surface area (Å²) in [6, 6.07) is 11.1. The fraction of sp³-hybridized carbons (Fsp3) is 0.0667. The summed E-state index contributed by atoms with van der Waals surface area (Å²) in [5, 5.41) is 4.10. The maximum absolute atomic E-state index is 12.4. The van der Waals surface area contributed by atoms with Gasteiger partial charge in [0.15, 0.2) is 0 Å². The average molecular weight is 286 g/mol.